The second-order valence-electron chi connectivity index (χ2n) is 13.1. The van der Waals surface area contributed by atoms with Gasteiger partial charge in [-0.05, 0) is 70.2 Å². The average Bonchev–Trinajstić information content (AvgIpc) is 2.93. The van der Waals surface area contributed by atoms with Crippen molar-refractivity contribution in [3.05, 3.63) is 77.9 Å². The molecule has 2 rings (SSSR count). The second-order valence-corrected chi connectivity index (χ2v) is 13.1. The van der Waals surface area contributed by atoms with Crippen LogP contribution in [0.25, 0.3) is 6.08 Å². The number of benzene rings is 2. The number of carbonyl (C=O) groups excluding carboxylic acids is 4. The van der Waals surface area contributed by atoms with E-state index >= 15 is 0 Å². The molecule has 3 amide bonds. The van der Waals surface area contributed by atoms with Gasteiger partial charge in [0.2, 0.25) is 11.8 Å². The lowest BCUT2D eigenvalue weighted by molar-refractivity contribution is -0.159. The van der Waals surface area contributed by atoms with Crippen LogP contribution in [0.2, 0.25) is 0 Å². The number of hydrogen-bond acceptors (Lipinski definition) is 7. The van der Waals surface area contributed by atoms with Crippen molar-refractivity contribution in [3.8, 4) is 6.07 Å². The van der Waals surface area contributed by atoms with Crippen LogP contribution in [0.5, 0.6) is 0 Å². The van der Waals surface area contributed by atoms with Crippen LogP contribution in [0.4, 0.5) is 4.79 Å². The second kappa shape index (κ2) is 15.9. The van der Waals surface area contributed by atoms with Gasteiger partial charge in [0.15, 0.2) is 0 Å². The summed E-state index contributed by atoms with van der Waals surface area (Å²) >= 11 is 0. The van der Waals surface area contributed by atoms with Crippen molar-refractivity contribution < 1.29 is 28.7 Å². The van der Waals surface area contributed by atoms with E-state index in [0.717, 1.165) is 10.5 Å². The first kappa shape index (κ1) is 36.5. The standard InChI is InChI=1S/C35H46N4O6/c1-10-24-17-14-18-26(21-24)29(39(20-19-36)31(41)28(23(2)3)38-33(43)45-35(7,8)9)30(40)37-27(32(42)44-34(4,5)6)22-25-15-12-11-13-16-25/h10-18,21,23,27-29H,1,20,22H2,2-9H3,(H,37,40)(H,38,43). The topological polar surface area (TPSA) is 138 Å². The molecule has 45 heavy (non-hydrogen) atoms. The third-order valence-electron chi connectivity index (χ3n) is 6.44. The zero-order valence-electron chi connectivity index (χ0n) is 27.5. The lowest BCUT2D eigenvalue weighted by atomic mass is 9.97. The van der Waals surface area contributed by atoms with Crippen LogP contribution in [0, 0.1) is 17.2 Å². The minimum atomic E-state index is -1.35. The van der Waals surface area contributed by atoms with Crippen molar-refractivity contribution in [2.24, 2.45) is 5.92 Å². The molecular formula is C35H46N4O6. The Hall–Kier alpha value is -4.65. The molecule has 0 aliphatic rings. The molecule has 0 aliphatic heterocycles. The Morgan fingerprint density at radius 1 is 0.933 bits per heavy atom. The Morgan fingerprint density at radius 3 is 2.09 bits per heavy atom. The predicted molar refractivity (Wildman–Crippen MR) is 173 cm³/mol. The first-order chi connectivity index (χ1) is 21.0. The highest BCUT2D eigenvalue weighted by atomic mass is 16.6. The van der Waals surface area contributed by atoms with Gasteiger partial charge in [-0.25, -0.2) is 9.59 Å². The van der Waals surface area contributed by atoms with Crippen molar-refractivity contribution in [1.82, 2.24) is 15.5 Å². The molecule has 0 spiro atoms. The third-order valence-corrected chi connectivity index (χ3v) is 6.44. The molecule has 2 aromatic carbocycles. The largest absolute Gasteiger partial charge is 0.458 e. The van der Waals surface area contributed by atoms with Crippen LogP contribution in [0.15, 0.2) is 61.2 Å². The summed E-state index contributed by atoms with van der Waals surface area (Å²) in [6, 6.07) is 14.4. The lowest BCUT2D eigenvalue weighted by Crippen LogP contribution is -2.56. The molecular weight excluding hydrogens is 572 g/mol. The van der Waals surface area contributed by atoms with E-state index in [1.54, 1.807) is 85.7 Å². The van der Waals surface area contributed by atoms with E-state index in [0.29, 0.717) is 11.1 Å². The van der Waals surface area contributed by atoms with Gasteiger partial charge >= 0.3 is 12.1 Å². The van der Waals surface area contributed by atoms with Crippen LogP contribution in [0.1, 0.15) is 78.1 Å². The zero-order chi connectivity index (χ0) is 33.9. The molecule has 10 heteroatoms. The summed E-state index contributed by atoms with van der Waals surface area (Å²) in [4.78, 5) is 55.6. The number of nitrogens with zero attached hydrogens (tertiary/aromatic N) is 2. The molecule has 0 heterocycles. The van der Waals surface area contributed by atoms with Gasteiger partial charge < -0.3 is 25.0 Å². The number of ether oxygens (including phenoxy) is 2. The molecule has 2 N–H and O–H groups in total. The predicted octanol–water partition coefficient (Wildman–Crippen LogP) is 5.34. The number of esters is 1. The molecule has 10 nitrogen and oxygen atoms in total. The summed E-state index contributed by atoms with van der Waals surface area (Å²) in [5.41, 5.74) is 0.204. The fourth-order valence-electron chi connectivity index (χ4n) is 4.49. The molecule has 0 aliphatic carbocycles. The van der Waals surface area contributed by atoms with E-state index in [4.69, 9.17) is 9.47 Å². The van der Waals surface area contributed by atoms with Crippen molar-refractivity contribution in [2.45, 2.75) is 91.1 Å². The highest BCUT2D eigenvalue weighted by molar-refractivity contribution is 5.94. The first-order valence-electron chi connectivity index (χ1n) is 14.9. The molecule has 0 bridgehead atoms. The van der Waals surface area contributed by atoms with Crippen LogP contribution < -0.4 is 10.6 Å². The molecule has 0 aromatic heterocycles. The van der Waals surface area contributed by atoms with Gasteiger partial charge in [0.1, 0.15) is 35.9 Å². The SMILES string of the molecule is C=Cc1cccc(C(C(=O)NC(Cc2ccccc2)C(=O)OC(C)(C)C)N(CC#N)C(=O)C(NC(=O)OC(C)(C)C)C(C)C)c1. The minimum Gasteiger partial charge on any atom is -0.458 e. The zero-order valence-corrected chi connectivity index (χ0v) is 27.5. The number of amides is 3. The maximum atomic E-state index is 14.3. The number of nitriles is 1. The normalized spacial score (nSPS) is 13.4. The van der Waals surface area contributed by atoms with Crippen molar-refractivity contribution in [2.75, 3.05) is 6.54 Å². The summed E-state index contributed by atoms with van der Waals surface area (Å²) in [7, 11) is 0. The Bertz CT molecular complexity index is 1390. The van der Waals surface area contributed by atoms with E-state index in [-0.39, 0.29) is 6.42 Å². The Balaban J connectivity index is 2.61. The molecule has 242 valence electrons. The van der Waals surface area contributed by atoms with Crippen LogP contribution in [-0.2, 0) is 30.3 Å². The van der Waals surface area contributed by atoms with Crippen LogP contribution >= 0.6 is 0 Å². The summed E-state index contributed by atoms with van der Waals surface area (Å²) in [6.07, 6.45) is 0.908. The maximum Gasteiger partial charge on any atom is 0.408 e. The Kier molecular flexibility index (Phi) is 12.9. The summed E-state index contributed by atoms with van der Waals surface area (Å²) in [5.74, 6) is -2.45. The van der Waals surface area contributed by atoms with E-state index in [9.17, 15) is 24.4 Å². The number of alkyl carbamates (subject to hydrolysis) is 1. The van der Waals surface area contributed by atoms with Gasteiger partial charge in [-0.3, -0.25) is 9.59 Å². The van der Waals surface area contributed by atoms with Gasteiger partial charge in [-0.2, -0.15) is 5.26 Å². The van der Waals surface area contributed by atoms with Gasteiger partial charge in [0.25, 0.3) is 0 Å². The Morgan fingerprint density at radius 2 is 1.56 bits per heavy atom. The first-order valence-corrected chi connectivity index (χ1v) is 14.9. The fourth-order valence-corrected chi connectivity index (χ4v) is 4.49. The highest BCUT2D eigenvalue weighted by Gasteiger charge is 2.39. The monoisotopic (exact) mass is 618 g/mol. The summed E-state index contributed by atoms with van der Waals surface area (Å²) in [5, 5.41) is 15.2. The maximum absolute atomic E-state index is 14.3. The molecule has 3 atom stereocenters. The smallest absolute Gasteiger partial charge is 0.408 e. The van der Waals surface area contributed by atoms with Gasteiger partial charge in [0.05, 0.1) is 6.07 Å². The van der Waals surface area contributed by atoms with Gasteiger partial charge in [0, 0.05) is 6.42 Å². The van der Waals surface area contributed by atoms with E-state index in [1.165, 1.54) is 0 Å². The lowest BCUT2D eigenvalue weighted by Gasteiger charge is -2.35. The minimum absolute atomic E-state index is 0.127. The third kappa shape index (κ3) is 11.8. The van der Waals surface area contributed by atoms with E-state index < -0.39 is 65.7 Å². The van der Waals surface area contributed by atoms with Gasteiger partial charge in [-0.15, -0.1) is 0 Å². The molecule has 0 saturated heterocycles. The van der Waals surface area contributed by atoms with Crippen molar-refractivity contribution >= 4 is 30.0 Å². The fraction of sp³-hybridized carbons (Fsp3) is 0.457. The average molecular weight is 619 g/mol. The van der Waals surface area contributed by atoms with E-state index in [1.807, 2.05) is 36.4 Å². The van der Waals surface area contributed by atoms with E-state index in [2.05, 4.69) is 17.2 Å². The molecule has 3 unspecified atom stereocenters. The molecule has 0 saturated carbocycles. The van der Waals surface area contributed by atoms with Crippen molar-refractivity contribution in [1.29, 1.82) is 5.26 Å². The number of rotatable bonds is 12. The Labute approximate surface area is 266 Å². The highest BCUT2D eigenvalue weighted by Crippen LogP contribution is 2.26. The number of hydrogen-bond donors (Lipinski definition) is 2. The van der Waals surface area contributed by atoms with Crippen LogP contribution in [0.3, 0.4) is 0 Å². The quantitative estimate of drug-likeness (QED) is 0.242. The summed E-state index contributed by atoms with van der Waals surface area (Å²) < 4.78 is 11.0. The number of nitrogens with one attached hydrogen (secondary N) is 2. The van der Waals surface area contributed by atoms with Crippen LogP contribution in [-0.4, -0.2) is 58.6 Å². The summed E-state index contributed by atoms with van der Waals surface area (Å²) in [6.45, 7) is 17.1. The van der Waals surface area contributed by atoms with Gasteiger partial charge in [-0.1, -0.05) is 75.0 Å². The molecule has 0 fully saturated rings. The molecule has 0 radical (unpaired) electrons. The number of carbonyl (C=O) groups is 4. The molecule has 2 aromatic rings. The van der Waals surface area contributed by atoms with Crippen molar-refractivity contribution in [3.63, 3.8) is 0 Å².